The molecule has 0 aliphatic rings. The summed E-state index contributed by atoms with van der Waals surface area (Å²) in [6, 6.07) is 7.71. The van der Waals surface area contributed by atoms with Gasteiger partial charge in [0, 0.05) is 22.0 Å². The smallest absolute Gasteiger partial charge is 0.0833 e. The standard InChI is InChI=1S/C10H8N2OS/c13-12-6-9-5-8(7-14-9)10-3-1-2-4-11-10/h1-7,13H/b12-6+. The van der Waals surface area contributed by atoms with Crippen LogP contribution in [0.1, 0.15) is 4.88 Å². The van der Waals surface area contributed by atoms with Crippen molar-refractivity contribution < 1.29 is 5.21 Å². The van der Waals surface area contributed by atoms with E-state index in [-0.39, 0.29) is 0 Å². The minimum Gasteiger partial charge on any atom is -0.411 e. The van der Waals surface area contributed by atoms with Crippen LogP contribution in [0.4, 0.5) is 0 Å². The third kappa shape index (κ3) is 1.80. The first kappa shape index (κ1) is 8.90. The summed E-state index contributed by atoms with van der Waals surface area (Å²) in [4.78, 5) is 5.13. The van der Waals surface area contributed by atoms with Crippen LogP contribution < -0.4 is 0 Å². The van der Waals surface area contributed by atoms with Gasteiger partial charge in [-0.15, -0.1) is 11.3 Å². The molecule has 0 bridgehead atoms. The van der Waals surface area contributed by atoms with Gasteiger partial charge in [0.05, 0.1) is 11.9 Å². The Balaban J connectivity index is 2.34. The molecule has 14 heavy (non-hydrogen) atoms. The number of rotatable bonds is 2. The first-order valence-corrected chi connectivity index (χ1v) is 4.95. The molecule has 0 aromatic carbocycles. The van der Waals surface area contributed by atoms with Crippen molar-refractivity contribution in [3.8, 4) is 11.3 Å². The molecule has 1 N–H and O–H groups in total. The lowest BCUT2D eigenvalue weighted by Crippen LogP contribution is -1.78. The Morgan fingerprint density at radius 1 is 1.43 bits per heavy atom. The number of hydrogen-bond donors (Lipinski definition) is 1. The topological polar surface area (TPSA) is 45.5 Å². The summed E-state index contributed by atoms with van der Waals surface area (Å²) >= 11 is 1.52. The molecule has 2 rings (SSSR count). The zero-order valence-corrected chi connectivity index (χ0v) is 8.11. The summed E-state index contributed by atoms with van der Waals surface area (Å²) in [5, 5.41) is 13.3. The molecular weight excluding hydrogens is 196 g/mol. The molecule has 2 heterocycles. The first-order chi connectivity index (χ1) is 6.90. The Labute approximate surface area is 85.4 Å². The Kier molecular flexibility index (Phi) is 2.55. The van der Waals surface area contributed by atoms with Gasteiger partial charge in [-0.1, -0.05) is 11.2 Å². The van der Waals surface area contributed by atoms with Gasteiger partial charge in [-0.05, 0) is 18.2 Å². The number of nitrogens with zero attached hydrogens (tertiary/aromatic N) is 2. The first-order valence-electron chi connectivity index (χ1n) is 4.07. The average Bonchev–Trinajstić information content (AvgIpc) is 2.68. The Hall–Kier alpha value is -1.68. The molecule has 0 aliphatic carbocycles. The van der Waals surface area contributed by atoms with Gasteiger partial charge < -0.3 is 5.21 Å². The maximum absolute atomic E-state index is 8.36. The highest BCUT2D eigenvalue weighted by molar-refractivity contribution is 7.12. The highest BCUT2D eigenvalue weighted by Crippen LogP contribution is 2.22. The predicted molar refractivity (Wildman–Crippen MR) is 56.9 cm³/mol. The second-order valence-electron chi connectivity index (χ2n) is 2.70. The zero-order chi connectivity index (χ0) is 9.80. The SMILES string of the molecule is O/N=C/c1cc(-c2ccccn2)cs1. The molecule has 0 aliphatic heterocycles. The van der Waals surface area contributed by atoms with Gasteiger partial charge in [0.2, 0.25) is 0 Å². The van der Waals surface area contributed by atoms with Crippen LogP contribution in [-0.4, -0.2) is 16.4 Å². The number of oxime groups is 1. The van der Waals surface area contributed by atoms with Gasteiger partial charge in [-0.3, -0.25) is 4.98 Å². The lowest BCUT2D eigenvalue weighted by molar-refractivity contribution is 0.322. The molecule has 0 amide bonds. The van der Waals surface area contributed by atoms with E-state index in [1.165, 1.54) is 17.6 Å². The molecule has 70 valence electrons. The van der Waals surface area contributed by atoms with Gasteiger partial charge in [-0.25, -0.2) is 0 Å². The van der Waals surface area contributed by atoms with Crippen LogP contribution in [0.5, 0.6) is 0 Å². The van der Waals surface area contributed by atoms with E-state index in [0.717, 1.165) is 16.1 Å². The summed E-state index contributed by atoms with van der Waals surface area (Å²) in [6.07, 6.45) is 3.17. The van der Waals surface area contributed by atoms with Gasteiger partial charge in [0.1, 0.15) is 0 Å². The van der Waals surface area contributed by atoms with Crippen molar-refractivity contribution in [2.45, 2.75) is 0 Å². The molecule has 0 unspecified atom stereocenters. The predicted octanol–water partition coefficient (Wildman–Crippen LogP) is 2.62. The summed E-state index contributed by atoms with van der Waals surface area (Å²) in [7, 11) is 0. The molecule has 0 spiro atoms. The molecule has 2 aromatic heterocycles. The molecule has 0 fully saturated rings. The lowest BCUT2D eigenvalue weighted by Gasteiger charge is -1.92. The van der Waals surface area contributed by atoms with Gasteiger partial charge in [0.25, 0.3) is 0 Å². The fraction of sp³-hybridized carbons (Fsp3) is 0. The fourth-order valence-electron chi connectivity index (χ4n) is 1.15. The highest BCUT2D eigenvalue weighted by atomic mass is 32.1. The van der Waals surface area contributed by atoms with Gasteiger partial charge >= 0.3 is 0 Å². The third-order valence-corrected chi connectivity index (χ3v) is 2.63. The van der Waals surface area contributed by atoms with Crippen LogP contribution in [-0.2, 0) is 0 Å². The molecule has 3 nitrogen and oxygen atoms in total. The van der Waals surface area contributed by atoms with Crippen LogP contribution in [0.3, 0.4) is 0 Å². The molecule has 0 atom stereocenters. The average molecular weight is 204 g/mol. The van der Waals surface area contributed by atoms with Crippen molar-refractivity contribution in [1.29, 1.82) is 0 Å². The molecule has 0 saturated carbocycles. The molecule has 0 saturated heterocycles. The van der Waals surface area contributed by atoms with Gasteiger partial charge in [-0.2, -0.15) is 0 Å². The van der Waals surface area contributed by atoms with E-state index in [0.29, 0.717) is 0 Å². The van der Waals surface area contributed by atoms with Crippen molar-refractivity contribution in [1.82, 2.24) is 4.98 Å². The van der Waals surface area contributed by atoms with E-state index in [9.17, 15) is 0 Å². The minimum atomic E-state index is 0.910. The van der Waals surface area contributed by atoms with Crippen LogP contribution in [0.15, 0.2) is 41.0 Å². The van der Waals surface area contributed by atoms with Crippen molar-refractivity contribution >= 4 is 17.6 Å². The maximum Gasteiger partial charge on any atom is 0.0833 e. The second-order valence-corrected chi connectivity index (χ2v) is 3.64. The quantitative estimate of drug-likeness (QED) is 0.464. The van der Waals surface area contributed by atoms with E-state index in [4.69, 9.17) is 5.21 Å². The summed E-state index contributed by atoms with van der Waals surface area (Å²) < 4.78 is 0. The lowest BCUT2D eigenvalue weighted by atomic mass is 10.2. The molecular formula is C10H8N2OS. The van der Waals surface area contributed by atoms with Crippen LogP contribution in [0, 0.1) is 0 Å². The summed E-state index contributed by atoms with van der Waals surface area (Å²) in [5.41, 5.74) is 1.98. The fourth-order valence-corrected chi connectivity index (χ4v) is 1.90. The number of aromatic nitrogens is 1. The van der Waals surface area contributed by atoms with Crippen molar-refractivity contribution in [3.63, 3.8) is 0 Å². The summed E-state index contributed by atoms with van der Waals surface area (Å²) in [5.74, 6) is 0. The number of pyridine rings is 1. The molecule has 4 heteroatoms. The van der Waals surface area contributed by atoms with Crippen LogP contribution in [0.2, 0.25) is 0 Å². The third-order valence-electron chi connectivity index (χ3n) is 1.77. The van der Waals surface area contributed by atoms with Crippen LogP contribution in [0.25, 0.3) is 11.3 Å². The number of thiophene rings is 1. The van der Waals surface area contributed by atoms with E-state index in [1.807, 2.05) is 29.6 Å². The van der Waals surface area contributed by atoms with Crippen molar-refractivity contribution in [2.24, 2.45) is 5.16 Å². The molecule has 2 aromatic rings. The Bertz CT molecular complexity index is 436. The Morgan fingerprint density at radius 3 is 3.07 bits per heavy atom. The van der Waals surface area contributed by atoms with E-state index in [2.05, 4.69) is 10.1 Å². The Morgan fingerprint density at radius 2 is 2.36 bits per heavy atom. The largest absolute Gasteiger partial charge is 0.411 e. The van der Waals surface area contributed by atoms with Gasteiger partial charge in [0.15, 0.2) is 0 Å². The van der Waals surface area contributed by atoms with Crippen molar-refractivity contribution in [2.75, 3.05) is 0 Å². The van der Waals surface area contributed by atoms with E-state index >= 15 is 0 Å². The summed E-state index contributed by atoms with van der Waals surface area (Å²) in [6.45, 7) is 0. The highest BCUT2D eigenvalue weighted by Gasteiger charge is 2.00. The maximum atomic E-state index is 8.36. The normalized spacial score (nSPS) is 10.9. The van der Waals surface area contributed by atoms with Crippen LogP contribution >= 0.6 is 11.3 Å². The van der Waals surface area contributed by atoms with E-state index < -0.39 is 0 Å². The van der Waals surface area contributed by atoms with Crippen molar-refractivity contribution in [3.05, 3.63) is 40.7 Å². The minimum absolute atomic E-state index is 0.910. The second kappa shape index (κ2) is 4.02. The molecule has 0 radical (unpaired) electrons. The van der Waals surface area contributed by atoms with E-state index in [1.54, 1.807) is 6.20 Å². The zero-order valence-electron chi connectivity index (χ0n) is 7.29. The number of hydrogen-bond acceptors (Lipinski definition) is 4. The monoisotopic (exact) mass is 204 g/mol.